The highest BCUT2D eigenvalue weighted by Gasteiger charge is 2.02. The van der Waals surface area contributed by atoms with Crippen LogP contribution < -0.4 is 4.74 Å². The molecule has 0 amide bonds. The smallest absolute Gasteiger partial charge is 0.303 e. The maximum absolute atomic E-state index is 10.6. The molecule has 1 heterocycles. The number of aryl methyl sites for hydroxylation is 1. The number of hydrogen-bond donors (Lipinski definition) is 2. The molecule has 2 aromatic carbocycles. The van der Waals surface area contributed by atoms with E-state index in [2.05, 4.69) is 16.3 Å². The maximum atomic E-state index is 10.6. The quantitative estimate of drug-likeness (QED) is 0.700. The molecule has 3 aromatic rings. The highest BCUT2D eigenvalue weighted by molar-refractivity contribution is 5.78. The zero-order valence-corrected chi connectivity index (χ0v) is 12.7. The Morgan fingerprint density at radius 3 is 2.96 bits per heavy atom. The van der Waals surface area contributed by atoms with E-state index in [1.165, 1.54) is 0 Å². The molecule has 0 aliphatic heterocycles. The van der Waals surface area contributed by atoms with Crippen molar-refractivity contribution in [2.24, 2.45) is 0 Å². The average Bonchev–Trinajstić information content (AvgIpc) is 3.00. The molecule has 0 fully saturated rings. The van der Waals surface area contributed by atoms with Crippen molar-refractivity contribution in [2.75, 3.05) is 0 Å². The van der Waals surface area contributed by atoms with Gasteiger partial charge in [0.25, 0.3) is 0 Å². The summed E-state index contributed by atoms with van der Waals surface area (Å²) in [5.41, 5.74) is 3.18. The van der Waals surface area contributed by atoms with Gasteiger partial charge in [0.05, 0.1) is 11.7 Å². The molecular weight excluding hydrogens is 292 g/mol. The predicted molar refractivity (Wildman–Crippen MR) is 87.4 cm³/mol. The summed E-state index contributed by atoms with van der Waals surface area (Å²) in [5.74, 6) is 0.0390. The lowest BCUT2D eigenvalue weighted by atomic mass is 10.1. The first-order valence-electron chi connectivity index (χ1n) is 7.56. The zero-order chi connectivity index (χ0) is 16.1. The number of aromatic nitrogens is 2. The van der Waals surface area contributed by atoms with Crippen LogP contribution in [0, 0.1) is 0 Å². The summed E-state index contributed by atoms with van der Waals surface area (Å²) in [5, 5.41) is 16.7. The minimum Gasteiger partial charge on any atom is -0.489 e. The summed E-state index contributed by atoms with van der Waals surface area (Å²) in [6.07, 6.45) is 3.36. The van der Waals surface area contributed by atoms with Gasteiger partial charge in [-0.3, -0.25) is 9.89 Å². The number of benzene rings is 2. The Morgan fingerprint density at radius 1 is 1.17 bits per heavy atom. The molecule has 0 spiro atoms. The third-order valence-corrected chi connectivity index (χ3v) is 3.66. The number of aliphatic carboxylic acids is 1. The van der Waals surface area contributed by atoms with Crippen LogP contribution in [0.1, 0.15) is 24.0 Å². The summed E-state index contributed by atoms with van der Waals surface area (Å²) < 4.78 is 5.84. The normalized spacial score (nSPS) is 10.8. The minimum atomic E-state index is -0.757. The molecule has 118 valence electrons. The second-order valence-electron chi connectivity index (χ2n) is 5.47. The van der Waals surface area contributed by atoms with Crippen LogP contribution in [0.25, 0.3) is 10.9 Å². The Hall–Kier alpha value is -2.82. The first kappa shape index (κ1) is 15.1. The van der Waals surface area contributed by atoms with Crippen LogP contribution in [0.4, 0.5) is 0 Å². The number of H-pyrrole nitrogens is 1. The number of carboxylic acids is 1. The Balaban J connectivity index is 1.60. The van der Waals surface area contributed by atoms with Gasteiger partial charge in [0.2, 0.25) is 0 Å². The molecule has 0 saturated heterocycles. The first-order valence-corrected chi connectivity index (χ1v) is 7.56. The molecule has 5 nitrogen and oxygen atoms in total. The van der Waals surface area contributed by atoms with E-state index >= 15 is 0 Å². The molecule has 0 bridgehead atoms. The summed E-state index contributed by atoms with van der Waals surface area (Å²) >= 11 is 0. The van der Waals surface area contributed by atoms with Crippen molar-refractivity contribution in [3.63, 3.8) is 0 Å². The molecule has 23 heavy (non-hydrogen) atoms. The van der Waals surface area contributed by atoms with Crippen molar-refractivity contribution in [3.8, 4) is 5.75 Å². The van der Waals surface area contributed by atoms with Crippen LogP contribution in [0.5, 0.6) is 5.75 Å². The van der Waals surface area contributed by atoms with Gasteiger partial charge >= 0.3 is 5.97 Å². The van der Waals surface area contributed by atoms with E-state index in [0.29, 0.717) is 13.0 Å². The number of aromatic amines is 1. The SMILES string of the molecule is O=C(O)CCCc1cccc(OCc2ccc3[nH]ncc3c2)c1. The molecule has 1 aromatic heterocycles. The van der Waals surface area contributed by atoms with E-state index in [1.807, 2.05) is 36.4 Å². The molecule has 2 N–H and O–H groups in total. The molecule has 0 saturated carbocycles. The Bertz CT molecular complexity index is 811. The van der Waals surface area contributed by atoms with Gasteiger partial charge in [-0.1, -0.05) is 18.2 Å². The van der Waals surface area contributed by atoms with E-state index in [9.17, 15) is 4.79 Å². The summed E-state index contributed by atoms with van der Waals surface area (Å²) in [6, 6.07) is 13.9. The topological polar surface area (TPSA) is 75.2 Å². The standard InChI is InChI=1S/C18H18N2O3/c21-18(22)6-2-4-13-3-1-5-16(10-13)23-12-14-7-8-17-15(9-14)11-19-20-17/h1,3,5,7-11H,2,4,6,12H2,(H,19,20)(H,21,22). The fourth-order valence-corrected chi connectivity index (χ4v) is 2.48. The van der Waals surface area contributed by atoms with Crippen LogP contribution in [-0.4, -0.2) is 21.3 Å². The summed E-state index contributed by atoms with van der Waals surface area (Å²) in [4.78, 5) is 10.6. The monoisotopic (exact) mass is 310 g/mol. The van der Waals surface area contributed by atoms with Gasteiger partial charge in [-0.05, 0) is 48.2 Å². The maximum Gasteiger partial charge on any atom is 0.303 e. The predicted octanol–water partition coefficient (Wildman–Crippen LogP) is 3.55. The molecule has 3 rings (SSSR count). The second-order valence-corrected chi connectivity index (χ2v) is 5.47. The molecule has 0 unspecified atom stereocenters. The number of hydrogen-bond acceptors (Lipinski definition) is 3. The lowest BCUT2D eigenvalue weighted by Crippen LogP contribution is -1.98. The number of rotatable bonds is 7. The third kappa shape index (κ3) is 4.10. The molecule has 0 aliphatic rings. The molecule has 0 atom stereocenters. The molecule has 0 aliphatic carbocycles. The molecule has 0 radical (unpaired) electrons. The van der Waals surface area contributed by atoms with Gasteiger partial charge in [-0.25, -0.2) is 0 Å². The van der Waals surface area contributed by atoms with Gasteiger partial charge < -0.3 is 9.84 Å². The summed E-state index contributed by atoms with van der Waals surface area (Å²) in [7, 11) is 0. The van der Waals surface area contributed by atoms with E-state index in [1.54, 1.807) is 6.20 Å². The fourth-order valence-electron chi connectivity index (χ4n) is 2.48. The van der Waals surface area contributed by atoms with Gasteiger partial charge in [-0.15, -0.1) is 0 Å². The Kier molecular flexibility index (Phi) is 4.57. The van der Waals surface area contributed by atoms with Crippen molar-refractivity contribution in [1.29, 1.82) is 0 Å². The van der Waals surface area contributed by atoms with E-state index in [0.717, 1.165) is 34.2 Å². The lowest BCUT2D eigenvalue weighted by molar-refractivity contribution is -0.137. The second kappa shape index (κ2) is 6.96. The van der Waals surface area contributed by atoms with Gasteiger partial charge in [0.15, 0.2) is 0 Å². The van der Waals surface area contributed by atoms with E-state index in [-0.39, 0.29) is 6.42 Å². The largest absolute Gasteiger partial charge is 0.489 e. The number of fused-ring (bicyclic) bond motifs is 1. The van der Waals surface area contributed by atoms with Crippen molar-refractivity contribution in [2.45, 2.75) is 25.9 Å². The van der Waals surface area contributed by atoms with Gasteiger partial charge in [0, 0.05) is 11.8 Å². The van der Waals surface area contributed by atoms with Crippen LogP contribution >= 0.6 is 0 Å². The Morgan fingerprint density at radius 2 is 2.09 bits per heavy atom. The van der Waals surface area contributed by atoms with E-state index < -0.39 is 5.97 Å². The van der Waals surface area contributed by atoms with Crippen LogP contribution in [0.2, 0.25) is 0 Å². The lowest BCUT2D eigenvalue weighted by Gasteiger charge is -2.08. The molecule has 5 heteroatoms. The number of carboxylic acid groups (broad SMARTS) is 1. The minimum absolute atomic E-state index is 0.190. The van der Waals surface area contributed by atoms with E-state index in [4.69, 9.17) is 9.84 Å². The van der Waals surface area contributed by atoms with Crippen LogP contribution in [0.3, 0.4) is 0 Å². The van der Waals surface area contributed by atoms with Crippen LogP contribution in [0.15, 0.2) is 48.7 Å². The number of carbonyl (C=O) groups is 1. The first-order chi connectivity index (χ1) is 11.2. The summed E-state index contributed by atoms with van der Waals surface area (Å²) in [6.45, 7) is 0.486. The highest BCUT2D eigenvalue weighted by atomic mass is 16.5. The van der Waals surface area contributed by atoms with Crippen molar-refractivity contribution in [1.82, 2.24) is 10.2 Å². The highest BCUT2D eigenvalue weighted by Crippen LogP contribution is 2.18. The van der Waals surface area contributed by atoms with Gasteiger partial charge in [0.1, 0.15) is 12.4 Å². The third-order valence-electron chi connectivity index (χ3n) is 3.66. The zero-order valence-electron chi connectivity index (χ0n) is 12.7. The van der Waals surface area contributed by atoms with Gasteiger partial charge in [-0.2, -0.15) is 5.10 Å². The number of ether oxygens (including phenoxy) is 1. The van der Waals surface area contributed by atoms with Crippen molar-refractivity contribution >= 4 is 16.9 Å². The van der Waals surface area contributed by atoms with Crippen molar-refractivity contribution < 1.29 is 14.6 Å². The fraction of sp³-hybridized carbons (Fsp3) is 0.222. The Labute approximate surface area is 133 Å². The number of nitrogens with zero attached hydrogens (tertiary/aromatic N) is 1. The van der Waals surface area contributed by atoms with Crippen LogP contribution in [-0.2, 0) is 17.8 Å². The number of nitrogens with one attached hydrogen (secondary N) is 1. The average molecular weight is 310 g/mol. The molecular formula is C18H18N2O3. The van der Waals surface area contributed by atoms with Crippen molar-refractivity contribution in [3.05, 3.63) is 59.8 Å².